The third-order valence-electron chi connectivity index (χ3n) is 8.34. The van der Waals surface area contributed by atoms with Crippen molar-refractivity contribution in [1.29, 1.82) is 0 Å². The molecule has 1 N–H and O–H groups in total. The lowest BCUT2D eigenvalue weighted by atomic mass is 9.99. The van der Waals surface area contributed by atoms with Gasteiger partial charge in [-0.2, -0.15) is 21.6 Å². The molecule has 2 aromatic rings. The van der Waals surface area contributed by atoms with Gasteiger partial charge in [-0.3, -0.25) is 10.3 Å². The van der Waals surface area contributed by atoms with Gasteiger partial charge in [0.15, 0.2) is 6.29 Å². The Morgan fingerprint density at radius 2 is 1.70 bits per heavy atom. The average molecular weight is 730 g/mol. The number of rotatable bonds is 10. The fourth-order valence-electron chi connectivity index (χ4n) is 6.23. The van der Waals surface area contributed by atoms with E-state index < -0.39 is 69.4 Å². The number of hydrogen-bond acceptors (Lipinski definition) is 11. The lowest BCUT2D eigenvalue weighted by molar-refractivity contribution is -0.0909. The Kier molecular flexibility index (Phi) is 10.9. The van der Waals surface area contributed by atoms with Crippen LogP contribution in [-0.2, 0) is 46.8 Å². The summed E-state index contributed by atoms with van der Waals surface area (Å²) in [5, 5.41) is 1.63. The minimum absolute atomic E-state index is 0.0682. The van der Waals surface area contributed by atoms with Gasteiger partial charge in [-0.25, -0.2) is 14.6 Å². The lowest BCUT2D eigenvalue weighted by Gasteiger charge is -2.35. The molecule has 5 atom stereocenters. The van der Waals surface area contributed by atoms with Crippen LogP contribution in [0.15, 0.2) is 54.6 Å². The fraction of sp³-hybridized carbons (Fsp3) is 0.576. The van der Waals surface area contributed by atoms with Crippen molar-refractivity contribution in [2.45, 2.75) is 95.4 Å². The normalized spacial score (nSPS) is 25.0. The smallest absolute Gasteiger partial charge is 0.444 e. The first-order chi connectivity index (χ1) is 23.3. The van der Waals surface area contributed by atoms with Crippen molar-refractivity contribution >= 4 is 22.3 Å². The molecule has 50 heavy (non-hydrogen) atoms. The van der Waals surface area contributed by atoms with Crippen LogP contribution >= 0.6 is 0 Å². The maximum absolute atomic E-state index is 13.7. The zero-order chi connectivity index (χ0) is 36.5. The fourth-order valence-corrected chi connectivity index (χ4v) is 6.69. The van der Waals surface area contributed by atoms with Gasteiger partial charge < -0.3 is 27.9 Å². The zero-order valence-corrected chi connectivity index (χ0v) is 29.2. The predicted octanol–water partition coefficient (Wildman–Crippen LogP) is 5.10. The third kappa shape index (κ3) is 9.17. The van der Waals surface area contributed by atoms with Crippen LogP contribution in [0.2, 0.25) is 0 Å². The largest absolute Gasteiger partial charge is 0.534 e. The van der Waals surface area contributed by atoms with E-state index in [1.165, 1.54) is 17.0 Å². The number of nitrogens with one attached hydrogen (secondary N) is 1. The second kappa shape index (κ2) is 14.5. The number of amides is 2. The van der Waals surface area contributed by atoms with Crippen LogP contribution in [0.1, 0.15) is 52.2 Å². The first-order valence-corrected chi connectivity index (χ1v) is 17.5. The Hall–Kier alpha value is -3.64. The SMILES string of the molecule is CC(C)(C)OC(=O)N1[C@@H](Cc2ccc(OS(=O)(=O)C(F)(F)F)cc2)[C@H](CN(Cc2ccccc2)NC(=O)O[C@H]2CO[C@H]3OCC[C@H]32)OC1(C)C. The highest BCUT2D eigenvalue weighted by molar-refractivity contribution is 7.88. The van der Waals surface area contributed by atoms with Crippen LogP contribution in [0, 0.1) is 5.92 Å². The Morgan fingerprint density at radius 3 is 2.34 bits per heavy atom. The van der Waals surface area contributed by atoms with E-state index in [2.05, 4.69) is 9.61 Å². The molecule has 0 aliphatic carbocycles. The number of hydrazine groups is 1. The number of carbonyl (C=O) groups excluding carboxylic acids is 2. The van der Waals surface area contributed by atoms with Crippen LogP contribution in [0.5, 0.6) is 5.75 Å². The highest BCUT2D eigenvalue weighted by Crippen LogP contribution is 2.37. The number of alkyl halides is 3. The molecule has 3 heterocycles. The lowest BCUT2D eigenvalue weighted by Crippen LogP contribution is -2.53. The van der Waals surface area contributed by atoms with Crippen LogP contribution in [0.4, 0.5) is 22.8 Å². The second-order valence-electron chi connectivity index (χ2n) is 13.8. The number of nitrogens with zero attached hydrogens (tertiary/aromatic N) is 2. The average Bonchev–Trinajstić information content (AvgIpc) is 3.67. The Labute approximate surface area is 289 Å². The molecule has 5 rings (SSSR count). The number of carbonyl (C=O) groups is 2. The van der Waals surface area contributed by atoms with Crippen molar-refractivity contribution in [3.8, 4) is 5.75 Å². The molecule has 17 heteroatoms. The van der Waals surface area contributed by atoms with Crippen molar-refractivity contribution < 1.29 is 59.0 Å². The van der Waals surface area contributed by atoms with Crippen molar-refractivity contribution in [2.24, 2.45) is 5.92 Å². The Bertz CT molecular complexity index is 1600. The van der Waals surface area contributed by atoms with Gasteiger partial charge in [0.2, 0.25) is 0 Å². The van der Waals surface area contributed by atoms with Crippen LogP contribution < -0.4 is 9.61 Å². The van der Waals surface area contributed by atoms with Gasteiger partial charge in [-0.15, -0.1) is 0 Å². The third-order valence-corrected chi connectivity index (χ3v) is 9.32. The molecular weight excluding hydrogens is 687 g/mol. The van der Waals surface area contributed by atoms with E-state index in [9.17, 15) is 31.2 Å². The van der Waals surface area contributed by atoms with Crippen molar-refractivity contribution in [3.63, 3.8) is 0 Å². The molecule has 276 valence electrons. The number of hydrogen-bond donors (Lipinski definition) is 1. The highest BCUT2D eigenvalue weighted by Gasteiger charge is 2.52. The summed E-state index contributed by atoms with van der Waals surface area (Å²) in [6, 6.07) is 13.6. The molecule has 13 nitrogen and oxygen atoms in total. The summed E-state index contributed by atoms with van der Waals surface area (Å²) in [4.78, 5) is 28.4. The predicted molar refractivity (Wildman–Crippen MR) is 171 cm³/mol. The summed E-state index contributed by atoms with van der Waals surface area (Å²) >= 11 is 0. The van der Waals surface area contributed by atoms with Gasteiger partial charge in [0.1, 0.15) is 23.2 Å². The summed E-state index contributed by atoms with van der Waals surface area (Å²) in [5.74, 6) is -0.603. The van der Waals surface area contributed by atoms with Crippen LogP contribution in [-0.4, -0.2) is 91.6 Å². The van der Waals surface area contributed by atoms with Gasteiger partial charge >= 0.3 is 27.8 Å². The summed E-state index contributed by atoms with van der Waals surface area (Å²) in [6.45, 7) is 9.61. The molecule has 0 saturated carbocycles. The van der Waals surface area contributed by atoms with E-state index in [1.807, 2.05) is 30.3 Å². The summed E-state index contributed by atoms with van der Waals surface area (Å²) in [6.07, 6.45) is -2.19. The molecule has 3 saturated heterocycles. The van der Waals surface area contributed by atoms with Gasteiger partial charge in [0, 0.05) is 13.1 Å². The minimum atomic E-state index is -5.86. The van der Waals surface area contributed by atoms with Crippen LogP contribution in [0.3, 0.4) is 0 Å². The van der Waals surface area contributed by atoms with Gasteiger partial charge in [-0.1, -0.05) is 42.5 Å². The quantitative estimate of drug-likeness (QED) is 0.198. The number of halogens is 3. The molecule has 0 aromatic heterocycles. The summed E-state index contributed by atoms with van der Waals surface area (Å²) in [5.41, 5.74) is -3.41. The molecule has 0 bridgehead atoms. The minimum Gasteiger partial charge on any atom is -0.444 e. The molecular formula is C33H42F3N3O10S. The van der Waals surface area contributed by atoms with Gasteiger partial charge in [-0.05, 0) is 70.7 Å². The molecule has 2 amide bonds. The maximum Gasteiger partial charge on any atom is 0.534 e. The maximum atomic E-state index is 13.7. The van der Waals surface area contributed by atoms with E-state index in [4.69, 9.17) is 23.7 Å². The van der Waals surface area contributed by atoms with E-state index in [-0.39, 0.29) is 32.0 Å². The first-order valence-electron chi connectivity index (χ1n) is 16.1. The van der Waals surface area contributed by atoms with E-state index in [0.29, 0.717) is 18.6 Å². The Morgan fingerprint density at radius 1 is 1.02 bits per heavy atom. The van der Waals surface area contributed by atoms with Crippen LogP contribution in [0.25, 0.3) is 0 Å². The van der Waals surface area contributed by atoms with E-state index in [1.54, 1.807) is 39.6 Å². The van der Waals surface area contributed by atoms with Gasteiger partial charge in [0.25, 0.3) is 0 Å². The summed E-state index contributed by atoms with van der Waals surface area (Å²) < 4.78 is 95.0. The van der Waals surface area contributed by atoms with E-state index >= 15 is 0 Å². The molecule has 0 unspecified atom stereocenters. The monoisotopic (exact) mass is 729 g/mol. The highest BCUT2D eigenvalue weighted by atomic mass is 32.2. The Balaban J connectivity index is 1.39. The standard InChI is InChI=1S/C33H42F3N3O10S/c1-31(2,3)48-30(41)39-25(17-21-11-13-23(14-12-21)49-50(42,43)33(34,35)36)26(47-32(39,4)5)19-38(18-22-9-7-6-8-10-22)37-29(40)46-27-20-45-28-24(27)15-16-44-28/h6-14,24-28H,15-20H2,1-5H3,(H,37,40)/t24-,25-,26-,27-,28+/m0/s1. The first kappa shape index (κ1) is 37.6. The van der Waals surface area contributed by atoms with Crippen molar-refractivity contribution in [3.05, 3.63) is 65.7 Å². The zero-order valence-electron chi connectivity index (χ0n) is 28.3. The van der Waals surface area contributed by atoms with Crippen molar-refractivity contribution in [2.75, 3.05) is 19.8 Å². The number of fused-ring (bicyclic) bond motifs is 1. The van der Waals surface area contributed by atoms with Gasteiger partial charge in [0.05, 0.1) is 31.3 Å². The summed E-state index contributed by atoms with van der Waals surface area (Å²) in [7, 11) is -5.86. The topological polar surface area (TPSA) is 142 Å². The second-order valence-corrected chi connectivity index (χ2v) is 15.3. The van der Waals surface area contributed by atoms with Crippen molar-refractivity contribution in [1.82, 2.24) is 15.3 Å². The molecule has 3 aliphatic heterocycles. The number of ether oxygens (including phenoxy) is 5. The molecule has 0 spiro atoms. The molecule has 0 radical (unpaired) electrons. The molecule has 3 aliphatic rings. The number of benzene rings is 2. The van der Waals surface area contributed by atoms with E-state index in [0.717, 1.165) is 17.7 Å². The molecule has 3 fully saturated rings. The molecule has 2 aromatic carbocycles.